The van der Waals surface area contributed by atoms with Crippen molar-refractivity contribution in [1.29, 1.82) is 0 Å². The SMILES string of the molecule is CCCCN1C(=O)C(C)(CC(F)(F)C(=O)OCC)c2ccccc21. The highest BCUT2D eigenvalue weighted by Gasteiger charge is 2.55. The first-order valence-corrected chi connectivity index (χ1v) is 8.24. The fourth-order valence-corrected chi connectivity index (χ4v) is 3.16. The number of amides is 1. The second-order valence-electron chi connectivity index (χ2n) is 6.26. The fraction of sp³-hybridized carbons (Fsp3) is 0.556. The van der Waals surface area contributed by atoms with E-state index in [1.165, 1.54) is 13.8 Å². The second-order valence-corrected chi connectivity index (χ2v) is 6.26. The molecule has 1 amide bonds. The van der Waals surface area contributed by atoms with Gasteiger partial charge in [0.15, 0.2) is 0 Å². The number of esters is 1. The van der Waals surface area contributed by atoms with Crippen LogP contribution in [0.4, 0.5) is 14.5 Å². The van der Waals surface area contributed by atoms with E-state index in [0.29, 0.717) is 17.8 Å². The van der Waals surface area contributed by atoms with Crippen LogP contribution in [0.5, 0.6) is 0 Å². The Morgan fingerprint density at radius 1 is 1.29 bits per heavy atom. The molecule has 0 bridgehead atoms. The van der Waals surface area contributed by atoms with Crippen molar-refractivity contribution in [3.8, 4) is 0 Å². The van der Waals surface area contributed by atoms with E-state index in [0.717, 1.165) is 12.8 Å². The van der Waals surface area contributed by atoms with Gasteiger partial charge in [0.1, 0.15) is 0 Å². The molecule has 0 saturated carbocycles. The predicted octanol–water partition coefficient (Wildman–Crippen LogP) is 3.68. The van der Waals surface area contributed by atoms with Gasteiger partial charge in [-0.05, 0) is 31.9 Å². The molecule has 0 fully saturated rings. The Morgan fingerprint density at radius 2 is 1.96 bits per heavy atom. The van der Waals surface area contributed by atoms with E-state index in [2.05, 4.69) is 4.74 Å². The number of hydrogen-bond acceptors (Lipinski definition) is 3. The number of rotatable bonds is 7. The van der Waals surface area contributed by atoms with E-state index in [1.54, 1.807) is 29.2 Å². The van der Waals surface area contributed by atoms with Gasteiger partial charge in [-0.2, -0.15) is 8.78 Å². The molecule has 2 rings (SSSR count). The minimum Gasteiger partial charge on any atom is -0.462 e. The molecule has 1 aromatic carbocycles. The third-order valence-electron chi connectivity index (χ3n) is 4.39. The summed E-state index contributed by atoms with van der Waals surface area (Å²) in [5.74, 6) is -5.68. The molecule has 24 heavy (non-hydrogen) atoms. The Balaban J connectivity index is 2.38. The highest BCUT2D eigenvalue weighted by molar-refractivity contribution is 6.08. The Kier molecular flexibility index (Phi) is 5.26. The summed E-state index contributed by atoms with van der Waals surface area (Å²) in [5.41, 5.74) is -0.256. The van der Waals surface area contributed by atoms with E-state index in [1.807, 2.05) is 6.92 Å². The van der Waals surface area contributed by atoms with Gasteiger partial charge in [-0.15, -0.1) is 0 Å². The van der Waals surface area contributed by atoms with Gasteiger partial charge in [-0.25, -0.2) is 4.79 Å². The standard InChI is InChI=1S/C18H23F2NO3/c1-4-6-11-21-14-10-8-7-9-13(14)17(3,15(21)22)12-18(19,20)16(23)24-5-2/h7-10H,4-6,11-12H2,1-3H3. The molecule has 0 spiro atoms. The largest absolute Gasteiger partial charge is 0.462 e. The van der Waals surface area contributed by atoms with Crippen molar-refractivity contribution in [3.05, 3.63) is 29.8 Å². The number of benzene rings is 1. The van der Waals surface area contributed by atoms with Crippen LogP contribution in [0.1, 0.15) is 45.6 Å². The predicted molar refractivity (Wildman–Crippen MR) is 87.3 cm³/mol. The second kappa shape index (κ2) is 6.87. The molecule has 1 aliphatic heterocycles. The van der Waals surface area contributed by atoms with Crippen LogP contribution in [0.3, 0.4) is 0 Å². The van der Waals surface area contributed by atoms with E-state index >= 15 is 0 Å². The molecule has 0 aromatic heterocycles. The van der Waals surface area contributed by atoms with Crippen molar-refractivity contribution in [3.63, 3.8) is 0 Å². The summed E-state index contributed by atoms with van der Waals surface area (Å²) in [6.07, 6.45) is 0.781. The Labute approximate surface area is 140 Å². The summed E-state index contributed by atoms with van der Waals surface area (Å²) < 4.78 is 33.1. The minimum atomic E-state index is -3.71. The summed E-state index contributed by atoms with van der Waals surface area (Å²) in [6, 6.07) is 6.94. The molecule has 0 radical (unpaired) electrons. The number of anilines is 1. The van der Waals surface area contributed by atoms with Gasteiger partial charge in [0.05, 0.1) is 12.0 Å². The minimum absolute atomic E-state index is 0.127. The van der Waals surface area contributed by atoms with Crippen molar-refractivity contribution in [2.24, 2.45) is 0 Å². The van der Waals surface area contributed by atoms with Crippen LogP contribution in [-0.4, -0.2) is 31.0 Å². The zero-order valence-electron chi connectivity index (χ0n) is 14.3. The maximum atomic E-state index is 14.3. The molecule has 1 heterocycles. The van der Waals surface area contributed by atoms with Crippen LogP contribution < -0.4 is 4.90 Å². The van der Waals surface area contributed by atoms with E-state index in [-0.39, 0.29) is 12.5 Å². The third kappa shape index (κ3) is 3.14. The first-order chi connectivity index (χ1) is 11.3. The monoisotopic (exact) mass is 339 g/mol. The summed E-state index contributed by atoms with van der Waals surface area (Å²) in [7, 11) is 0. The van der Waals surface area contributed by atoms with Gasteiger partial charge in [0.2, 0.25) is 5.91 Å². The lowest BCUT2D eigenvalue weighted by atomic mass is 9.78. The van der Waals surface area contributed by atoms with Gasteiger partial charge in [-0.1, -0.05) is 31.5 Å². The Hall–Kier alpha value is -1.98. The number of ether oxygens (including phenoxy) is 1. The first kappa shape index (κ1) is 18.4. The van der Waals surface area contributed by atoms with E-state index in [4.69, 9.17) is 0 Å². The number of fused-ring (bicyclic) bond motifs is 1. The average molecular weight is 339 g/mol. The molecular weight excluding hydrogens is 316 g/mol. The van der Waals surface area contributed by atoms with Crippen molar-refractivity contribution in [1.82, 2.24) is 0 Å². The molecule has 6 heteroatoms. The number of nitrogens with zero attached hydrogens (tertiary/aromatic N) is 1. The van der Waals surface area contributed by atoms with Gasteiger partial charge >= 0.3 is 11.9 Å². The molecule has 0 N–H and O–H groups in total. The van der Waals surface area contributed by atoms with E-state index in [9.17, 15) is 18.4 Å². The number of unbranched alkanes of at least 4 members (excludes halogenated alkanes) is 1. The van der Waals surface area contributed by atoms with Crippen LogP contribution in [0.15, 0.2) is 24.3 Å². The zero-order valence-corrected chi connectivity index (χ0v) is 14.3. The summed E-state index contributed by atoms with van der Waals surface area (Å²) in [5, 5.41) is 0. The highest BCUT2D eigenvalue weighted by Crippen LogP contribution is 2.47. The lowest BCUT2D eigenvalue weighted by Crippen LogP contribution is -2.45. The van der Waals surface area contributed by atoms with Crippen LogP contribution in [0, 0.1) is 0 Å². The molecule has 0 saturated heterocycles. The summed E-state index contributed by atoms with van der Waals surface area (Å²) >= 11 is 0. The zero-order chi connectivity index (χ0) is 18.0. The van der Waals surface area contributed by atoms with E-state index < -0.39 is 23.7 Å². The lowest BCUT2D eigenvalue weighted by molar-refractivity contribution is -0.174. The maximum absolute atomic E-state index is 14.3. The number of carbonyl (C=O) groups is 2. The molecular formula is C18H23F2NO3. The van der Waals surface area contributed by atoms with Gasteiger partial charge in [0.25, 0.3) is 0 Å². The molecule has 0 aliphatic carbocycles. The fourth-order valence-electron chi connectivity index (χ4n) is 3.16. The van der Waals surface area contributed by atoms with Gasteiger partial charge in [0, 0.05) is 18.7 Å². The normalized spacial score (nSPS) is 20.2. The quantitative estimate of drug-likeness (QED) is 0.712. The maximum Gasteiger partial charge on any atom is 0.377 e. The smallest absolute Gasteiger partial charge is 0.377 e. The average Bonchev–Trinajstić information content (AvgIpc) is 2.74. The van der Waals surface area contributed by atoms with Gasteiger partial charge < -0.3 is 9.64 Å². The summed E-state index contributed by atoms with van der Waals surface area (Å²) in [4.78, 5) is 26.0. The topological polar surface area (TPSA) is 46.6 Å². The van der Waals surface area contributed by atoms with Crippen LogP contribution in [0.2, 0.25) is 0 Å². The van der Waals surface area contributed by atoms with Crippen LogP contribution >= 0.6 is 0 Å². The van der Waals surface area contributed by atoms with Crippen molar-refractivity contribution < 1.29 is 23.1 Å². The highest BCUT2D eigenvalue weighted by atomic mass is 19.3. The molecule has 1 aliphatic rings. The lowest BCUT2D eigenvalue weighted by Gasteiger charge is -2.28. The number of carbonyl (C=O) groups excluding carboxylic acids is 2. The third-order valence-corrected chi connectivity index (χ3v) is 4.39. The molecule has 4 nitrogen and oxygen atoms in total. The number of halogens is 2. The first-order valence-electron chi connectivity index (χ1n) is 8.24. The Bertz CT molecular complexity index is 632. The molecule has 1 atom stereocenters. The number of hydrogen-bond donors (Lipinski definition) is 0. The molecule has 132 valence electrons. The van der Waals surface area contributed by atoms with Crippen molar-refractivity contribution in [2.75, 3.05) is 18.1 Å². The number of para-hydroxylation sites is 1. The van der Waals surface area contributed by atoms with Crippen molar-refractivity contribution >= 4 is 17.6 Å². The van der Waals surface area contributed by atoms with Crippen molar-refractivity contribution in [2.45, 2.75) is 51.4 Å². The molecule has 1 aromatic rings. The van der Waals surface area contributed by atoms with Crippen LogP contribution in [0.25, 0.3) is 0 Å². The van der Waals surface area contributed by atoms with Crippen LogP contribution in [-0.2, 0) is 19.7 Å². The number of alkyl halides is 2. The van der Waals surface area contributed by atoms with Gasteiger partial charge in [-0.3, -0.25) is 4.79 Å². The summed E-state index contributed by atoms with van der Waals surface area (Å²) in [6.45, 7) is 5.30. The Morgan fingerprint density at radius 3 is 2.58 bits per heavy atom. The molecule has 1 unspecified atom stereocenters.